The van der Waals surface area contributed by atoms with Gasteiger partial charge in [-0.2, -0.15) is 0 Å². The maximum absolute atomic E-state index is 8.99. The van der Waals surface area contributed by atoms with Crippen molar-refractivity contribution < 1.29 is 14.5 Å². The fourth-order valence-corrected chi connectivity index (χ4v) is 1.47. The summed E-state index contributed by atoms with van der Waals surface area (Å²) >= 11 is 0. The van der Waals surface area contributed by atoms with Gasteiger partial charge in [0.25, 0.3) is 0 Å². The standard InChI is InChI=1S/C10H12BNO3/c1-2-3-10-12-8-5-4-7(11(13)14)6-9(8)15-10/h4-6,13-14H,2-3H2,1H3. The topological polar surface area (TPSA) is 66.5 Å². The van der Waals surface area contributed by atoms with Gasteiger partial charge in [-0.1, -0.05) is 13.0 Å². The molecule has 15 heavy (non-hydrogen) atoms. The summed E-state index contributed by atoms with van der Waals surface area (Å²) < 4.78 is 5.47. The predicted molar refractivity (Wildman–Crippen MR) is 57.8 cm³/mol. The highest BCUT2D eigenvalue weighted by atomic mass is 16.4. The van der Waals surface area contributed by atoms with Crippen LogP contribution in [0, 0.1) is 0 Å². The second kappa shape index (κ2) is 4.04. The zero-order valence-electron chi connectivity index (χ0n) is 8.47. The molecule has 4 nitrogen and oxygen atoms in total. The Kier molecular flexibility index (Phi) is 2.75. The largest absolute Gasteiger partial charge is 0.488 e. The molecule has 0 aliphatic rings. The van der Waals surface area contributed by atoms with Crippen LogP contribution in [-0.4, -0.2) is 22.2 Å². The fraction of sp³-hybridized carbons (Fsp3) is 0.300. The van der Waals surface area contributed by atoms with Crippen LogP contribution in [0.1, 0.15) is 19.2 Å². The second-order valence-electron chi connectivity index (χ2n) is 3.46. The highest BCUT2D eigenvalue weighted by Crippen LogP contribution is 2.14. The molecule has 0 saturated heterocycles. The van der Waals surface area contributed by atoms with Crippen LogP contribution in [-0.2, 0) is 6.42 Å². The summed E-state index contributed by atoms with van der Waals surface area (Å²) in [5.74, 6) is 0.692. The van der Waals surface area contributed by atoms with Crippen molar-refractivity contribution in [3.8, 4) is 0 Å². The van der Waals surface area contributed by atoms with E-state index in [1.54, 1.807) is 18.2 Å². The molecule has 0 atom stereocenters. The first-order valence-electron chi connectivity index (χ1n) is 4.96. The van der Waals surface area contributed by atoms with Gasteiger partial charge in [-0.3, -0.25) is 0 Å². The molecular formula is C10H12BNO3. The predicted octanol–water partition coefficient (Wildman–Crippen LogP) is 0.460. The van der Waals surface area contributed by atoms with Crippen molar-refractivity contribution in [2.75, 3.05) is 0 Å². The molecule has 0 spiro atoms. The highest BCUT2D eigenvalue weighted by molar-refractivity contribution is 6.58. The number of aromatic nitrogens is 1. The number of fused-ring (bicyclic) bond motifs is 1. The average Bonchev–Trinajstić information content (AvgIpc) is 2.59. The van der Waals surface area contributed by atoms with Gasteiger partial charge in [0, 0.05) is 6.42 Å². The normalized spacial score (nSPS) is 10.9. The molecule has 2 N–H and O–H groups in total. The van der Waals surface area contributed by atoms with Crippen molar-refractivity contribution in [1.82, 2.24) is 4.98 Å². The van der Waals surface area contributed by atoms with Crippen LogP contribution in [0.25, 0.3) is 11.1 Å². The van der Waals surface area contributed by atoms with Gasteiger partial charge in [0.2, 0.25) is 0 Å². The summed E-state index contributed by atoms with van der Waals surface area (Å²) in [6.45, 7) is 2.05. The zero-order valence-corrected chi connectivity index (χ0v) is 8.47. The summed E-state index contributed by atoms with van der Waals surface area (Å²) in [7, 11) is -1.46. The lowest BCUT2D eigenvalue weighted by molar-refractivity contribution is 0.425. The molecule has 1 aromatic carbocycles. The first-order valence-corrected chi connectivity index (χ1v) is 4.96. The summed E-state index contributed by atoms with van der Waals surface area (Å²) in [6, 6.07) is 4.96. The van der Waals surface area contributed by atoms with Crippen molar-refractivity contribution in [2.45, 2.75) is 19.8 Å². The minimum Gasteiger partial charge on any atom is -0.441 e. The molecule has 2 aromatic rings. The third kappa shape index (κ3) is 2.03. The minimum atomic E-state index is -1.46. The van der Waals surface area contributed by atoms with Gasteiger partial charge in [0.15, 0.2) is 11.5 Å². The Labute approximate surface area is 87.7 Å². The van der Waals surface area contributed by atoms with Crippen LogP contribution in [0.3, 0.4) is 0 Å². The molecule has 0 aliphatic heterocycles. The lowest BCUT2D eigenvalue weighted by Crippen LogP contribution is -2.29. The van der Waals surface area contributed by atoms with E-state index >= 15 is 0 Å². The van der Waals surface area contributed by atoms with Crippen LogP contribution < -0.4 is 5.46 Å². The van der Waals surface area contributed by atoms with E-state index in [-0.39, 0.29) is 0 Å². The van der Waals surface area contributed by atoms with Crippen molar-refractivity contribution in [3.05, 3.63) is 24.1 Å². The summed E-state index contributed by atoms with van der Waals surface area (Å²) in [5, 5.41) is 18.0. The SMILES string of the molecule is CCCc1nc2ccc(B(O)O)cc2o1. The van der Waals surface area contributed by atoms with Gasteiger partial charge in [0.1, 0.15) is 5.52 Å². The molecule has 0 unspecified atom stereocenters. The van der Waals surface area contributed by atoms with E-state index in [0.717, 1.165) is 18.4 Å². The third-order valence-corrected chi connectivity index (χ3v) is 2.22. The molecule has 0 amide bonds. The molecule has 0 saturated carbocycles. The smallest absolute Gasteiger partial charge is 0.441 e. The molecule has 1 heterocycles. The quantitative estimate of drug-likeness (QED) is 0.714. The van der Waals surface area contributed by atoms with Gasteiger partial charge in [-0.05, 0) is 24.0 Å². The maximum atomic E-state index is 8.99. The second-order valence-corrected chi connectivity index (χ2v) is 3.46. The van der Waals surface area contributed by atoms with E-state index in [9.17, 15) is 0 Å². The number of benzene rings is 1. The number of hydrogen-bond acceptors (Lipinski definition) is 4. The van der Waals surface area contributed by atoms with Crippen LogP contribution >= 0.6 is 0 Å². The summed E-state index contributed by atoms with van der Waals surface area (Å²) in [5.41, 5.74) is 1.77. The van der Waals surface area contributed by atoms with Crippen LogP contribution in [0.5, 0.6) is 0 Å². The van der Waals surface area contributed by atoms with E-state index in [2.05, 4.69) is 11.9 Å². The maximum Gasteiger partial charge on any atom is 0.488 e. The number of nitrogens with zero attached hydrogens (tertiary/aromatic N) is 1. The third-order valence-electron chi connectivity index (χ3n) is 2.22. The van der Waals surface area contributed by atoms with Crippen molar-refractivity contribution in [3.63, 3.8) is 0 Å². The van der Waals surface area contributed by atoms with E-state index in [1.165, 1.54) is 0 Å². The Morgan fingerprint density at radius 1 is 1.40 bits per heavy atom. The minimum absolute atomic E-state index is 0.418. The number of hydrogen-bond donors (Lipinski definition) is 2. The highest BCUT2D eigenvalue weighted by Gasteiger charge is 2.13. The zero-order chi connectivity index (χ0) is 10.8. The van der Waals surface area contributed by atoms with Crippen molar-refractivity contribution in [1.29, 1.82) is 0 Å². The lowest BCUT2D eigenvalue weighted by Gasteiger charge is -1.96. The number of rotatable bonds is 3. The molecular weight excluding hydrogens is 193 g/mol. The van der Waals surface area contributed by atoms with Gasteiger partial charge < -0.3 is 14.5 Å². The van der Waals surface area contributed by atoms with Gasteiger partial charge in [-0.25, -0.2) is 4.98 Å². The Hall–Kier alpha value is -1.33. The Bertz CT molecular complexity index is 467. The summed E-state index contributed by atoms with van der Waals surface area (Å²) in [6.07, 6.45) is 1.77. The molecule has 0 fully saturated rings. The van der Waals surface area contributed by atoms with Crippen LogP contribution in [0.4, 0.5) is 0 Å². The number of oxazole rings is 1. The molecule has 2 rings (SSSR count). The van der Waals surface area contributed by atoms with E-state index < -0.39 is 7.12 Å². The molecule has 0 bridgehead atoms. The van der Waals surface area contributed by atoms with E-state index in [0.29, 0.717) is 16.9 Å². The molecule has 5 heteroatoms. The monoisotopic (exact) mass is 205 g/mol. The lowest BCUT2D eigenvalue weighted by atomic mass is 9.80. The van der Waals surface area contributed by atoms with E-state index in [1.807, 2.05) is 0 Å². The molecule has 1 aromatic heterocycles. The average molecular weight is 205 g/mol. The number of aryl methyl sites for hydroxylation is 1. The van der Waals surface area contributed by atoms with Gasteiger partial charge in [-0.15, -0.1) is 0 Å². The van der Waals surface area contributed by atoms with Crippen LogP contribution in [0.2, 0.25) is 0 Å². The molecule has 0 aliphatic carbocycles. The summed E-state index contributed by atoms with van der Waals surface area (Å²) in [4.78, 5) is 4.27. The molecule has 78 valence electrons. The Morgan fingerprint density at radius 3 is 2.87 bits per heavy atom. The molecule has 0 radical (unpaired) electrons. The fourth-order valence-electron chi connectivity index (χ4n) is 1.47. The van der Waals surface area contributed by atoms with E-state index in [4.69, 9.17) is 14.5 Å². The Balaban J connectivity index is 2.43. The first kappa shape index (κ1) is 10.2. The van der Waals surface area contributed by atoms with Gasteiger partial charge in [0.05, 0.1) is 0 Å². The van der Waals surface area contributed by atoms with Gasteiger partial charge >= 0.3 is 7.12 Å². The Morgan fingerprint density at radius 2 is 2.20 bits per heavy atom. The van der Waals surface area contributed by atoms with Crippen LogP contribution in [0.15, 0.2) is 22.6 Å². The van der Waals surface area contributed by atoms with Crippen molar-refractivity contribution >= 4 is 23.7 Å². The van der Waals surface area contributed by atoms with Crippen molar-refractivity contribution in [2.24, 2.45) is 0 Å². The first-order chi connectivity index (χ1) is 7.20.